The summed E-state index contributed by atoms with van der Waals surface area (Å²) in [6.45, 7) is 3.78. The standard InChI is InChI=1S/C24H32N4O4.HI/c1-17(32-21-10-5-9-20(14-21)30-3)15-26-24(25-2)27-16-18-7-4-8-19(13-18)28-23(29)22-11-6-12-31-22;/h4-5,7-10,13-14,17,22H,6,11-12,15-16H2,1-3H3,(H,28,29)(H2,25,26,27);1H. The molecule has 8 nitrogen and oxygen atoms in total. The number of hydrogen-bond donors (Lipinski definition) is 3. The van der Waals surface area contributed by atoms with Gasteiger partial charge in [-0.05, 0) is 49.6 Å². The van der Waals surface area contributed by atoms with Crippen molar-refractivity contribution in [3.63, 3.8) is 0 Å². The zero-order valence-corrected chi connectivity index (χ0v) is 21.6. The summed E-state index contributed by atoms with van der Waals surface area (Å²) in [7, 11) is 3.36. The van der Waals surface area contributed by atoms with Gasteiger partial charge in [0.2, 0.25) is 0 Å². The Morgan fingerprint density at radius 3 is 2.70 bits per heavy atom. The summed E-state index contributed by atoms with van der Waals surface area (Å²) in [5.41, 5.74) is 1.78. The lowest BCUT2D eigenvalue weighted by molar-refractivity contribution is -0.124. The Labute approximate surface area is 212 Å². The SMILES string of the molecule is CN=C(NCc1cccc(NC(=O)C2CCCO2)c1)NCC(C)Oc1cccc(OC)c1.I. The van der Waals surface area contributed by atoms with E-state index in [0.29, 0.717) is 25.7 Å². The molecule has 1 amide bonds. The number of amides is 1. The summed E-state index contributed by atoms with van der Waals surface area (Å²) in [4.78, 5) is 16.5. The first kappa shape index (κ1) is 26.7. The van der Waals surface area contributed by atoms with E-state index in [2.05, 4.69) is 20.9 Å². The van der Waals surface area contributed by atoms with Crippen molar-refractivity contribution in [1.82, 2.24) is 10.6 Å². The first-order chi connectivity index (χ1) is 15.6. The average molecular weight is 568 g/mol. The summed E-state index contributed by atoms with van der Waals surface area (Å²) in [6, 6.07) is 15.3. The lowest BCUT2D eigenvalue weighted by Gasteiger charge is -2.18. The number of halogens is 1. The van der Waals surface area contributed by atoms with Crippen molar-refractivity contribution < 1.29 is 19.0 Å². The number of methoxy groups -OCH3 is 1. The number of anilines is 1. The lowest BCUT2D eigenvalue weighted by atomic mass is 10.2. The fourth-order valence-corrected chi connectivity index (χ4v) is 3.36. The van der Waals surface area contributed by atoms with Gasteiger partial charge < -0.3 is 30.2 Å². The van der Waals surface area contributed by atoms with E-state index in [9.17, 15) is 4.79 Å². The number of rotatable bonds is 9. The molecule has 2 atom stereocenters. The highest BCUT2D eigenvalue weighted by molar-refractivity contribution is 14.0. The maximum absolute atomic E-state index is 12.3. The van der Waals surface area contributed by atoms with Gasteiger partial charge >= 0.3 is 0 Å². The largest absolute Gasteiger partial charge is 0.497 e. The zero-order chi connectivity index (χ0) is 22.8. The number of carbonyl (C=O) groups excluding carboxylic acids is 1. The molecular formula is C24H33IN4O4. The van der Waals surface area contributed by atoms with Crippen LogP contribution < -0.4 is 25.4 Å². The van der Waals surface area contributed by atoms with Crippen LogP contribution in [0.1, 0.15) is 25.3 Å². The highest BCUT2D eigenvalue weighted by Gasteiger charge is 2.23. The molecule has 180 valence electrons. The fraction of sp³-hybridized carbons (Fsp3) is 0.417. The fourth-order valence-electron chi connectivity index (χ4n) is 3.36. The molecule has 0 radical (unpaired) electrons. The Morgan fingerprint density at radius 2 is 1.97 bits per heavy atom. The van der Waals surface area contributed by atoms with Crippen molar-refractivity contribution in [2.75, 3.05) is 32.6 Å². The number of carbonyl (C=O) groups is 1. The van der Waals surface area contributed by atoms with Crippen LogP contribution >= 0.6 is 24.0 Å². The molecule has 3 rings (SSSR count). The molecule has 1 aliphatic heterocycles. The van der Waals surface area contributed by atoms with E-state index in [0.717, 1.165) is 35.6 Å². The van der Waals surface area contributed by atoms with Crippen LogP contribution in [0.25, 0.3) is 0 Å². The van der Waals surface area contributed by atoms with E-state index in [1.165, 1.54) is 0 Å². The van der Waals surface area contributed by atoms with Crippen LogP contribution in [-0.2, 0) is 16.1 Å². The van der Waals surface area contributed by atoms with E-state index in [1.54, 1.807) is 14.2 Å². The second kappa shape index (κ2) is 13.9. The maximum Gasteiger partial charge on any atom is 0.253 e. The average Bonchev–Trinajstić information content (AvgIpc) is 3.35. The van der Waals surface area contributed by atoms with Crippen molar-refractivity contribution >= 4 is 41.5 Å². The van der Waals surface area contributed by atoms with E-state index in [-0.39, 0.29) is 42.1 Å². The second-order valence-electron chi connectivity index (χ2n) is 7.61. The van der Waals surface area contributed by atoms with Gasteiger partial charge in [-0.15, -0.1) is 24.0 Å². The van der Waals surface area contributed by atoms with Crippen LogP contribution in [0.3, 0.4) is 0 Å². The molecule has 0 aromatic heterocycles. The molecule has 0 spiro atoms. The number of nitrogens with one attached hydrogen (secondary N) is 3. The van der Waals surface area contributed by atoms with Gasteiger partial charge in [-0.2, -0.15) is 0 Å². The number of benzene rings is 2. The van der Waals surface area contributed by atoms with Crippen LogP contribution in [-0.4, -0.2) is 51.4 Å². The molecule has 1 heterocycles. The maximum atomic E-state index is 12.3. The summed E-state index contributed by atoms with van der Waals surface area (Å²) in [5, 5.41) is 9.49. The van der Waals surface area contributed by atoms with Gasteiger partial charge in [0.25, 0.3) is 5.91 Å². The molecule has 2 aromatic rings. The Balaban J connectivity index is 0.00000385. The van der Waals surface area contributed by atoms with Gasteiger partial charge in [-0.1, -0.05) is 18.2 Å². The molecule has 0 bridgehead atoms. The first-order valence-electron chi connectivity index (χ1n) is 10.8. The molecule has 0 aliphatic carbocycles. The highest BCUT2D eigenvalue weighted by Crippen LogP contribution is 2.20. The summed E-state index contributed by atoms with van der Waals surface area (Å²) >= 11 is 0. The third-order valence-electron chi connectivity index (χ3n) is 5.04. The monoisotopic (exact) mass is 568 g/mol. The normalized spacial score (nSPS) is 16.3. The van der Waals surface area contributed by atoms with Crippen LogP contribution in [0.5, 0.6) is 11.5 Å². The molecule has 1 saturated heterocycles. The number of ether oxygens (including phenoxy) is 3. The lowest BCUT2D eigenvalue weighted by Crippen LogP contribution is -2.41. The van der Waals surface area contributed by atoms with Crippen molar-refractivity contribution in [2.45, 2.75) is 38.5 Å². The molecule has 0 saturated carbocycles. The third kappa shape index (κ3) is 8.73. The molecule has 2 aromatic carbocycles. The predicted octanol–water partition coefficient (Wildman–Crippen LogP) is 3.56. The van der Waals surface area contributed by atoms with E-state index < -0.39 is 0 Å². The van der Waals surface area contributed by atoms with Crippen LogP contribution in [0, 0.1) is 0 Å². The number of aliphatic imine (C=N–C) groups is 1. The Bertz CT molecular complexity index is 919. The molecule has 1 fully saturated rings. The van der Waals surface area contributed by atoms with Gasteiger partial charge in [-0.25, -0.2) is 0 Å². The van der Waals surface area contributed by atoms with Crippen molar-refractivity contribution in [3.05, 3.63) is 54.1 Å². The topological polar surface area (TPSA) is 93.2 Å². The summed E-state index contributed by atoms with van der Waals surface area (Å²) < 4.78 is 16.6. The minimum atomic E-state index is -0.346. The number of hydrogen-bond acceptors (Lipinski definition) is 5. The van der Waals surface area contributed by atoms with Gasteiger partial charge in [0.1, 0.15) is 23.7 Å². The van der Waals surface area contributed by atoms with Gasteiger partial charge in [-0.3, -0.25) is 9.79 Å². The van der Waals surface area contributed by atoms with Crippen molar-refractivity contribution in [3.8, 4) is 11.5 Å². The molecule has 1 aliphatic rings. The molecule has 2 unspecified atom stereocenters. The quantitative estimate of drug-likeness (QED) is 0.244. The Kier molecular flexibility index (Phi) is 11.2. The highest BCUT2D eigenvalue weighted by atomic mass is 127. The van der Waals surface area contributed by atoms with E-state index >= 15 is 0 Å². The number of nitrogens with zero attached hydrogens (tertiary/aromatic N) is 1. The second-order valence-corrected chi connectivity index (χ2v) is 7.61. The minimum Gasteiger partial charge on any atom is -0.497 e. The zero-order valence-electron chi connectivity index (χ0n) is 19.3. The van der Waals surface area contributed by atoms with Crippen molar-refractivity contribution in [2.24, 2.45) is 4.99 Å². The smallest absolute Gasteiger partial charge is 0.253 e. The van der Waals surface area contributed by atoms with Crippen molar-refractivity contribution in [1.29, 1.82) is 0 Å². The van der Waals surface area contributed by atoms with E-state index in [1.807, 2.05) is 55.5 Å². The first-order valence-corrected chi connectivity index (χ1v) is 10.8. The van der Waals surface area contributed by atoms with Crippen LogP contribution in [0.15, 0.2) is 53.5 Å². The Hall–Kier alpha value is -2.53. The minimum absolute atomic E-state index is 0. The Morgan fingerprint density at radius 1 is 1.18 bits per heavy atom. The molecule has 33 heavy (non-hydrogen) atoms. The predicted molar refractivity (Wildman–Crippen MR) is 141 cm³/mol. The van der Waals surface area contributed by atoms with Crippen LogP contribution in [0.4, 0.5) is 5.69 Å². The molecule has 3 N–H and O–H groups in total. The summed E-state index contributed by atoms with van der Waals surface area (Å²) in [5.74, 6) is 2.09. The molecular weight excluding hydrogens is 535 g/mol. The van der Waals surface area contributed by atoms with Gasteiger partial charge in [0, 0.05) is 32.0 Å². The van der Waals surface area contributed by atoms with Gasteiger partial charge in [0.15, 0.2) is 5.96 Å². The number of guanidine groups is 1. The third-order valence-corrected chi connectivity index (χ3v) is 5.04. The van der Waals surface area contributed by atoms with Gasteiger partial charge in [0.05, 0.1) is 13.7 Å². The summed E-state index contributed by atoms with van der Waals surface area (Å²) in [6.07, 6.45) is 1.28. The van der Waals surface area contributed by atoms with Crippen LogP contribution in [0.2, 0.25) is 0 Å². The molecule has 9 heteroatoms. The van der Waals surface area contributed by atoms with E-state index in [4.69, 9.17) is 14.2 Å².